The number of methoxy groups -OCH3 is 2. The molecule has 8 nitrogen and oxygen atoms in total. The van der Waals surface area contributed by atoms with E-state index < -0.39 is 11.9 Å². The molecule has 1 atom stereocenters. The fourth-order valence-corrected chi connectivity index (χ4v) is 4.01. The van der Waals surface area contributed by atoms with Gasteiger partial charge in [-0.2, -0.15) is 5.26 Å². The van der Waals surface area contributed by atoms with Crippen LogP contribution in [0.4, 0.5) is 0 Å². The van der Waals surface area contributed by atoms with Crippen molar-refractivity contribution in [1.82, 2.24) is 0 Å². The number of nitrogens with zero attached hydrogens (tertiary/aromatic N) is 1. The van der Waals surface area contributed by atoms with Crippen molar-refractivity contribution < 1.29 is 28.5 Å². The maximum atomic E-state index is 12.4. The highest BCUT2D eigenvalue weighted by atomic mass is 16.5. The van der Waals surface area contributed by atoms with Gasteiger partial charge in [-0.05, 0) is 54.5 Å². The summed E-state index contributed by atoms with van der Waals surface area (Å²) < 4.78 is 27.4. The summed E-state index contributed by atoms with van der Waals surface area (Å²) in [4.78, 5) is 12.4. The molecule has 0 radical (unpaired) electrons. The Morgan fingerprint density at radius 2 is 1.78 bits per heavy atom. The number of benzene rings is 3. The first-order valence-electron chi connectivity index (χ1n) is 11.5. The van der Waals surface area contributed by atoms with Crippen molar-refractivity contribution in [2.75, 3.05) is 20.8 Å². The van der Waals surface area contributed by atoms with Crippen molar-refractivity contribution >= 4 is 12.0 Å². The summed E-state index contributed by atoms with van der Waals surface area (Å²) in [5.41, 5.74) is 8.68. The molecule has 0 spiro atoms. The Hall–Kier alpha value is -4.90. The maximum absolute atomic E-state index is 12.4. The number of nitrogens with two attached hydrogens (primary N) is 1. The van der Waals surface area contributed by atoms with Crippen LogP contribution in [0.2, 0.25) is 0 Å². The van der Waals surface area contributed by atoms with Crippen LogP contribution in [0.1, 0.15) is 29.5 Å². The zero-order chi connectivity index (χ0) is 26.4. The lowest BCUT2D eigenvalue weighted by molar-refractivity contribution is -0.128. The van der Waals surface area contributed by atoms with Gasteiger partial charge in [-0.25, -0.2) is 4.79 Å². The molecule has 1 aliphatic rings. The molecule has 0 amide bonds. The second kappa shape index (κ2) is 11.2. The van der Waals surface area contributed by atoms with Crippen LogP contribution in [0.15, 0.2) is 78.2 Å². The number of nitriles is 1. The predicted octanol–water partition coefficient (Wildman–Crippen LogP) is 4.94. The molecule has 0 saturated carbocycles. The minimum atomic E-state index is -0.555. The predicted molar refractivity (Wildman–Crippen MR) is 138 cm³/mol. The van der Waals surface area contributed by atoms with Gasteiger partial charge in [0.05, 0.1) is 26.7 Å². The molecular weight excluding hydrogens is 472 g/mol. The normalized spacial score (nSPS) is 14.4. The molecule has 8 heteroatoms. The maximum Gasteiger partial charge on any atom is 0.336 e. The molecule has 1 unspecified atom stereocenters. The fourth-order valence-electron chi connectivity index (χ4n) is 4.01. The second-order valence-electron chi connectivity index (χ2n) is 8.00. The lowest BCUT2D eigenvalue weighted by Gasteiger charge is -2.27. The highest BCUT2D eigenvalue weighted by Crippen LogP contribution is 2.45. The number of hydrogen-bond donors (Lipinski definition) is 1. The van der Waals surface area contributed by atoms with Crippen LogP contribution in [0.5, 0.6) is 28.7 Å². The Balaban J connectivity index is 1.60. The van der Waals surface area contributed by atoms with E-state index in [1.54, 1.807) is 56.7 Å². The second-order valence-corrected chi connectivity index (χ2v) is 8.00. The largest absolute Gasteiger partial charge is 0.497 e. The molecule has 4 rings (SSSR count). The molecule has 0 fully saturated rings. The van der Waals surface area contributed by atoms with E-state index in [2.05, 4.69) is 6.07 Å². The molecule has 1 heterocycles. The minimum absolute atomic E-state index is 0.0178. The van der Waals surface area contributed by atoms with Gasteiger partial charge in [0.15, 0.2) is 11.5 Å². The Kier molecular flexibility index (Phi) is 7.65. The molecule has 0 bridgehead atoms. The minimum Gasteiger partial charge on any atom is -0.497 e. The van der Waals surface area contributed by atoms with Gasteiger partial charge in [0, 0.05) is 17.7 Å². The van der Waals surface area contributed by atoms with Gasteiger partial charge >= 0.3 is 5.97 Å². The average molecular weight is 499 g/mol. The molecule has 2 N–H and O–H groups in total. The molecule has 3 aromatic carbocycles. The summed E-state index contributed by atoms with van der Waals surface area (Å²) in [5.74, 6) is 1.45. The Morgan fingerprint density at radius 1 is 1.03 bits per heavy atom. The van der Waals surface area contributed by atoms with Gasteiger partial charge in [-0.1, -0.05) is 24.3 Å². The molecule has 1 aliphatic heterocycles. The van der Waals surface area contributed by atoms with Crippen molar-refractivity contribution in [2.24, 2.45) is 5.73 Å². The lowest BCUT2D eigenvalue weighted by Crippen LogP contribution is -2.21. The summed E-state index contributed by atoms with van der Waals surface area (Å²) in [5, 5.41) is 9.83. The van der Waals surface area contributed by atoms with E-state index in [1.165, 1.54) is 6.08 Å². The highest BCUT2D eigenvalue weighted by Gasteiger charge is 2.31. The average Bonchev–Trinajstić information content (AvgIpc) is 2.91. The number of hydrogen-bond acceptors (Lipinski definition) is 8. The van der Waals surface area contributed by atoms with E-state index in [0.29, 0.717) is 29.4 Å². The summed E-state index contributed by atoms with van der Waals surface area (Å²) in [7, 11) is 3.14. The highest BCUT2D eigenvalue weighted by molar-refractivity contribution is 5.88. The quantitative estimate of drug-likeness (QED) is 0.264. The summed E-state index contributed by atoms with van der Waals surface area (Å²) in [6.45, 7) is 2.38. The summed E-state index contributed by atoms with van der Waals surface area (Å²) in [6.07, 6.45) is 2.98. The van der Waals surface area contributed by atoms with E-state index in [1.807, 2.05) is 31.2 Å². The van der Waals surface area contributed by atoms with Gasteiger partial charge in [0.25, 0.3) is 0 Å². The number of allylic oxidation sites excluding steroid dienone is 1. The van der Waals surface area contributed by atoms with Gasteiger partial charge < -0.3 is 29.4 Å². The number of esters is 1. The molecule has 3 aromatic rings. The molecule has 0 aromatic heterocycles. The van der Waals surface area contributed by atoms with Crippen molar-refractivity contribution in [3.05, 3.63) is 94.9 Å². The number of carbonyl (C=O) groups is 1. The molecule has 0 aliphatic carbocycles. The van der Waals surface area contributed by atoms with Crippen LogP contribution in [-0.2, 0) is 4.79 Å². The number of rotatable bonds is 8. The van der Waals surface area contributed by atoms with Gasteiger partial charge in [0.1, 0.15) is 28.9 Å². The van der Waals surface area contributed by atoms with Crippen LogP contribution in [0, 0.1) is 11.3 Å². The van der Waals surface area contributed by atoms with Crippen molar-refractivity contribution in [3.8, 4) is 34.8 Å². The lowest BCUT2D eigenvalue weighted by atomic mass is 9.83. The van der Waals surface area contributed by atoms with Crippen LogP contribution in [0.25, 0.3) is 6.08 Å². The van der Waals surface area contributed by atoms with E-state index in [9.17, 15) is 10.1 Å². The Bertz CT molecular complexity index is 1400. The first-order chi connectivity index (χ1) is 18.0. The number of carbonyl (C=O) groups excluding carboxylic acids is 1. The Morgan fingerprint density at radius 3 is 2.46 bits per heavy atom. The van der Waals surface area contributed by atoms with Crippen molar-refractivity contribution in [1.29, 1.82) is 5.26 Å². The summed E-state index contributed by atoms with van der Waals surface area (Å²) >= 11 is 0. The first-order valence-corrected chi connectivity index (χ1v) is 11.5. The summed E-state index contributed by atoms with van der Waals surface area (Å²) in [6, 6.07) is 19.9. The number of ether oxygens (including phenoxy) is 5. The third kappa shape index (κ3) is 5.52. The topological polar surface area (TPSA) is 113 Å². The van der Waals surface area contributed by atoms with Gasteiger partial charge in [0.2, 0.25) is 5.88 Å². The third-order valence-corrected chi connectivity index (χ3v) is 5.76. The zero-order valence-corrected chi connectivity index (χ0v) is 20.7. The van der Waals surface area contributed by atoms with E-state index in [0.717, 1.165) is 16.9 Å². The van der Waals surface area contributed by atoms with E-state index in [-0.39, 0.29) is 17.2 Å². The van der Waals surface area contributed by atoms with Gasteiger partial charge in [-0.3, -0.25) is 0 Å². The van der Waals surface area contributed by atoms with E-state index >= 15 is 0 Å². The monoisotopic (exact) mass is 498 g/mol. The van der Waals surface area contributed by atoms with Crippen LogP contribution in [0.3, 0.4) is 0 Å². The van der Waals surface area contributed by atoms with Crippen molar-refractivity contribution in [2.45, 2.75) is 12.8 Å². The first kappa shape index (κ1) is 25.2. The fraction of sp³-hybridized carbons (Fsp3) is 0.172. The molecule has 188 valence electrons. The zero-order valence-electron chi connectivity index (χ0n) is 20.7. The Labute approximate surface area is 215 Å². The van der Waals surface area contributed by atoms with Crippen LogP contribution >= 0.6 is 0 Å². The molecule has 37 heavy (non-hydrogen) atoms. The smallest absolute Gasteiger partial charge is 0.336 e. The van der Waals surface area contributed by atoms with E-state index in [4.69, 9.17) is 29.4 Å². The number of fused-ring (bicyclic) bond motifs is 1. The standard InChI is InChI=1S/C29H26N2O6/c1-4-35-24-13-8-19(15-26(24)34-3)28-22-12-11-21(16-25(22)37-29(31)23(28)17-30)36-27(32)14-7-18-5-9-20(33-2)10-6-18/h5-16,28H,4,31H2,1-3H3/b14-7+. The molecule has 0 saturated heterocycles. The molecular formula is C29H26N2O6. The van der Waals surface area contributed by atoms with Crippen LogP contribution < -0.4 is 29.4 Å². The van der Waals surface area contributed by atoms with Gasteiger partial charge in [-0.15, -0.1) is 0 Å². The van der Waals surface area contributed by atoms with Crippen LogP contribution in [-0.4, -0.2) is 26.8 Å². The third-order valence-electron chi connectivity index (χ3n) is 5.76. The van der Waals surface area contributed by atoms with Crippen molar-refractivity contribution in [3.63, 3.8) is 0 Å². The SMILES string of the molecule is CCOc1ccc(C2C(C#N)=C(N)Oc3cc(OC(=O)/C=C/c4ccc(OC)cc4)ccc32)cc1OC.